The molecule has 0 saturated carbocycles. The second kappa shape index (κ2) is 4.67. The third kappa shape index (κ3) is 2.61. The summed E-state index contributed by atoms with van der Waals surface area (Å²) in [5, 5.41) is 4.52. The number of rotatable bonds is 2. The first-order valence-electron chi connectivity index (χ1n) is 5.31. The zero-order chi connectivity index (χ0) is 9.10. The monoisotopic (exact) mass is 201 g/mol. The van der Waals surface area contributed by atoms with Crippen molar-refractivity contribution in [3.8, 4) is 0 Å². The van der Waals surface area contributed by atoms with Gasteiger partial charge in [-0.3, -0.25) is 0 Å². The van der Waals surface area contributed by atoms with Crippen molar-refractivity contribution in [1.82, 2.24) is 5.32 Å². The summed E-state index contributed by atoms with van der Waals surface area (Å²) in [5.41, 5.74) is 0. The summed E-state index contributed by atoms with van der Waals surface area (Å²) in [4.78, 5) is 0. The van der Waals surface area contributed by atoms with Crippen LogP contribution in [0.3, 0.4) is 0 Å². The van der Waals surface area contributed by atoms with Crippen LogP contribution in [0.25, 0.3) is 0 Å². The molecule has 2 heterocycles. The molecule has 0 aliphatic carbocycles. The van der Waals surface area contributed by atoms with Gasteiger partial charge in [-0.15, -0.1) is 0 Å². The highest BCUT2D eigenvalue weighted by atomic mass is 32.2. The van der Waals surface area contributed by atoms with E-state index in [1.54, 1.807) is 0 Å². The molecule has 2 rings (SSSR count). The van der Waals surface area contributed by atoms with Crippen LogP contribution in [0.15, 0.2) is 0 Å². The Morgan fingerprint density at radius 3 is 2.92 bits per heavy atom. The number of ether oxygens (including phenoxy) is 1. The predicted molar refractivity (Wildman–Crippen MR) is 57.3 cm³/mol. The normalized spacial score (nSPS) is 40.8. The van der Waals surface area contributed by atoms with Crippen molar-refractivity contribution in [1.29, 1.82) is 0 Å². The van der Waals surface area contributed by atoms with E-state index in [2.05, 4.69) is 24.0 Å². The van der Waals surface area contributed by atoms with Crippen molar-refractivity contribution in [2.75, 3.05) is 19.0 Å². The SMILES string of the molecule is CC1SCCC1NC1CCCOC1. The van der Waals surface area contributed by atoms with E-state index in [0.29, 0.717) is 6.04 Å². The van der Waals surface area contributed by atoms with Gasteiger partial charge in [-0.2, -0.15) is 11.8 Å². The van der Waals surface area contributed by atoms with Gasteiger partial charge in [0.05, 0.1) is 6.61 Å². The molecule has 0 spiro atoms. The summed E-state index contributed by atoms with van der Waals surface area (Å²) in [6.45, 7) is 4.22. The number of hydrogen-bond acceptors (Lipinski definition) is 3. The predicted octanol–water partition coefficient (Wildman–Crippen LogP) is 1.65. The summed E-state index contributed by atoms with van der Waals surface area (Å²) < 4.78 is 5.46. The Bertz CT molecular complexity index is 159. The highest BCUT2D eigenvalue weighted by molar-refractivity contribution is 8.00. The smallest absolute Gasteiger partial charge is 0.0619 e. The van der Waals surface area contributed by atoms with Gasteiger partial charge in [-0.1, -0.05) is 6.92 Å². The van der Waals surface area contributed by atoms with Crippen LogP contribution in [0.4, 0.5) is 0 Å². The summed E-state index contributed by atoms with van der Waals surface area (Å²) >= 11 is 2.09. The number of nitrogens with one attached hydrogen (secondary N) is 1. The number of thioether (sulfide) groups is 1. The van der Waals surface area contributed by atoms with E-state index < -0.39 is 0 Å². The van der Waals surface area contributed by atoms with Gasteiger partial charge < -0.3 is 10.1 Å². The van der Waals surface area contributed by atoms with Crippen LogP contribution < -0.4 is 5.32 Å². The topological polar surface area (TPSA) is 21.3 Å². The molecule has 2 fully saturated rings. The quantitative estimate of drug-likeness (QED) is 0.734. The van der Waals surface area contributed by atoms with E-state index >= 15 is 0 Å². The largest absolute Gasteiger partial charge is 0.380 e. The maximum absolute atomic E-state index is 5.46. The Morgan fingerprint density at radius 1 is 1.38 bits per heavy atom. The Hall–Kier alpha value is 0.270. The van der Waals surface area contributed by atoms with Gasteiger partial charge in [-0.25, -0.2) is 0 Å². The average molecular weight is 201 g/mol. The Kier molecular flexibility index (Phi) is 3.52. The molecule has 2 saturated heterocycles. The van der Waals surface area contributed by atoms with Crippen LogP contribution in [0.5, 0.6) is 0 Å². The van der Waals surface area contributed by atoms with Gasteiger partial charge in [0.1, 0.15) is 0 Å². The van der Waals surface area contributed by atoms with Crippen LogP contribution in [0, 0.1) is 0 Å². The molecule has 3 unspecified atom stereocenters. The average Bonchev–Trinajstić information content (AvgIpc) is 2.54. The van der Waals surface area contributed by atoms with Crippen LogP contribution in [0.1, 0.15) is 26.2 Å². The molecule has 13 heavy (non-hydrogen) atoms. The molecular weight excluding hydrogens is 182 g/mol. The first kappa shape index (κ1) is 9.81. The van der Waals surface area contributed by atoms with E-state index in [-0.39, 0.29) is 0 Å². The summed E-state index contributed by atoms with van der Waals surface area (Å²) in [6, 6.07) is 1.36. The van der Waals surface area contributed by atoms with Crippen LogP contribution in [-0.2, 0) is 4.74 Å². The van der Waals surface area contributed by atoms with Crippen LogP contribution in [-0.4, -0.2) is 36.3 Å². The van der Waals surface area contributed by atoms with Crippen molar-refractivity contribution in [2.24, 2.45) is 0 Å². The summed E-state index contributed by atoms with van der Waals surface area (Å²) in [7, 11) is 0. The van der Waals surface area contributed by atoms with Crippen LogP contribution >= 0.6 is 11.8 Å². The highest BCUT2D eigenvalue weighted by Gasteiger charge is 2.26. The van der Waals surface area contributed by atoms with Crippen molar-refractivity contribution in [3.05, 3.63) is 0 Å². The lowest BCUT2D eigenvalue weighted by molar-refractivity contribution is 0.0665. The lowest BCUT2D eigenvalue weighted by atomic mass is 10.1. The van der Waals surface area contributed by atoms with Crippen molar-refractivity contribution in [2.45, 2.75) is 43.5 Å². The lowest BCUT2D eigenvalue weighted by Gasteiger charge is -2.28. The molecule has 0 radical (unpaired) electrons. The second-order valence-electron chi connectivity index (χ2n) is 4.05. The minimum absolute atomic E-state index is 0.625. The molecule has 3 atom stereocenters. The fraction of sp³-hybridized carbons (Fsp3) is 1.00. The molecular formula is C10H19NOS. The zero-order valence-electron chi connectivity index (χ0n) is 8.29. The molecule has 0 bridgehead atoms. The molecule has 0 aromatic heterocycles. The molecule has 2 aliphatic rings. The first-order valence-corrected chi connectivity index (χ1v) is 6.36. The fourth-order valence-electron chi connectivity index (χ4n) is 2.13. The Balaban J connectivity index is 1.75. The van der Waals surface area contributed by atoms with Crippen molar-refractivity contribution in [3.63, 3.8) is 0 Å². The van der Waals surface area contributed by atoms with E-state index in [1.165, 1.54) is 25.0 Å². The molecule has 2 nitrogen and oxygen atoms in total. The van der Waals surface area contributed by atoms with Gasteiger partial charge in [-0.05, 0) is 25.0 Å². The van der Waals surface area contributed by atoms with Gasteiger partial charge >= 0.3 is 0 Å². The van der Waals surface area contributed by atoms with E-state index in [9.17, 15) is 0 Å². The minimum Gasteiger partial charge on any atom is -0.380 e. The van der Waals surface area contributed by atoms with E-state index in [0.717, 1.165) is 24.5 Å². The molecule has 0 aromatic rings. The van der Waals surface area contributed by atoms with Crippen molar-refractivity contribution < 1.29 is 4.74 Å². The Morgan fingerprint density at radius 2 is 2.31 bits per heavy atom. The highest BCUT2D eigenvalue weighted by Crippen LogP contribution is 2.26. The van der Waals surface area contributed by atoms with Gasteiger partial charge in [0, 0.05) is 23.9 Å². The standard InChI is InChI=1S/C10H19NOS/c1-8-10(4-6-13-8)11-9-3-2-5-12-7-9/h8-11H,2-7H2,1H3. The van der Waals surface area contributed by atoms with E-state index in [1.807, 2.05) is 0 Å². The molecule has 76 valence electrons. The molecule has 3 heteroatoms. The minimum atomic E-state index is 0.625. The molecule has 1 N–H and O–H groups in total. The summed E-state index contributed by atoms with van der Waals surface area (Å²) in [5.74, 6) is 1.33. The fourth-order valence-corrected chi connectivity index (χ4v) is 3.33. The molecule has 0 aromatic carbocycles. The first-order chi connectivity index (χ1) is 6.36. The third-order valence-corrected chi connectivity index (χ3v) is 4.31. The maximum atomic E-state index is 5.46. The van der Waals surface area contributed by atoms with Gasteiger partial charge in [0.2, 0.25) is 0 Å². The number of hydrogen-bond donors (Lipinski definition) is 1. The zero-order valence-corrected chi connectivity index (χ0v) is 9.11. The third-order valence-electron chi connectivity index (χ3n) is 2.99. The van der Waals surface area contributed by atoms with Gasteiger partial charge in [0.15, 0.2) is 0 Å². The molecule has 2 aliphatic heterocycles. The summed E-state index contributed by atoms with van der Waals surface area (Å²) in [6.07, 6.45) is 3.86. The van der Waals surface area contributed by atoms with Gasteiger partial charge in [0.25, 0.3) is 0 Å². The molecule has 0 amide bonds. The van der Waals surface area contributed by atoms with Crippen LogP contribution in [0.2, 0.25) is 0 Å². The van der Waals surface area contributed by atoms with Crippen molar-refractivity contribution >= 4 is 11.8 Å². The maximum Gasteiger partial charge on any atom is 0.0619 e. The lowest BCUT2D eigenvalue weighted by Crippen LogP contribution is -2.45. The van der Waals surface area contributed by atoms with E-state index in [4.69, 9.17) is 4.74 Å². The Labute approximate surface area is 84.8 Å². The second-order valence-corrected chi connectivity index (χ2v) is 5.54.